The maximum absolute atomic E-state index is 12.7. The molecule has 8 heteroatoms. The van der Waals surface area contributed by atoms with E-state index < -0.39 is 30.4 Å². The lowest BCUT2D eigenvalue weighted by atomic mass is 10.1. The highest BCUT2D eigenvalue weighted by atomic mass is 16.5. The van der Waals surface area contributed by atoms with Crippen LogP contribution in [0, 0.1) is 13.8 Å². The Bertz CT molecular complexity index is 765. The number of Topliss-reactive ketones (excluding diaryl/α,β-unsaturated/α-hetero) is 1. The number of hydrogen-bond acceptors (Lipinski definition) is 5. The molecule has 1 aliphatic heterocycles. The van der Waals surface area contributed by atoms with Gasteiger partial charge in [-0.25, -0.2) is 9.69 Å². The third-order valence-corrected chi connectivity index (χ3v) is 4.54. The van der Waals surface area contributed by atoms with Crippen LogP contribution in [0.2, 0.25) is 0 Å². The molecule has 1 aliphatic rings. The van der Waals surface area contributed by atoms with Crippen LogP contribution in [0.4, 0.5) is 4.79 Å². The fraction of sp³-hybridized carbons (Fsp3) is 0.556. The van der Waals surface area contributed by atoms with E-state index in [9.17, 15) is 19.2 Å². The lowest BCUT2D eigenvalue weighted by molar-refractivity contribution is -0.143. The summed E-state index contributed by atoms with van der Waals surface area (Å²) in [6.07, 6.45) is 0. The molecule has 2 heterocycles. The van der Waals surface area contributed by atoms with Crippen molar-refractivity contribution in [3.63, 3.8) is 0 Å². The molecule has 0 aromatic carbocycles. The second-order valence-electron chi connectivity index (χ2n) is 6.83. The molecule has 0 N–H and O–H groups in total. The van der Waals surface area contributed by atoms with Gasteiger partial charge in [0.25, 0.3) is 0 Å². The third-order valence-electron chi connectivity index (χ3n) is 4.54. The summed E-state index contributed by atoms with van der Waals surface area (Å²) in [7, 11) is 1.61. The number of hydrogen-bond donors (Lipinski definition) is 0. The van der Waals surface area contributed by atoms with Gasteiger partial charge in [0.05, 0.1) is 19.2 Å². The van der Waals surface area contributed by atoms with Gasteiger partial charge in [-0.15, -0.1) is 0 Å². The van der Waals surface area contributed by atoms with E-state index in [0.717, 1.165) is 21.2 Å². The third kappa shape index (κ3) is 3.29. The summed E-state index contributed by atoms with van der Waals surface area (Å²) in [5.74, 6) is -2.23. The highest BCUT2D eigenvalue weighted by Gasteiger charge is 2.46. The van der Waals surface area contributed by atoms with Crippen molar-refractivity contribution in [3.05, 3.63) is 23.0 Å². The maximum Gasteiger partial charge on any atom is 0.334 e. The van der Waals surface area contributed by atoms with E-state index in [1.807, 2.05) is 25.3 Å². The minimum atomic E-state index is -0.960. The Morgan fingerprint density at radius 3 is 2.23 bits per heavy atom. The summed E-state index contributed by atoms with van der Waals surface area (Å²) < 4.78 is 7.16. The molecule has 1 aromatic rings. The number of methoxy groups -OCH3 is 1. The first-order chi connectivity index (χ1) is 12.1. The van der Waals surface area contributed by atoms with Crippen molar-refractivity contribution in [3.8, 4) is 0 Å². The van der Waals surface area contributed by atoms with Crippen LogP contribution in [-0.4, -0.2) is 64.3 Å². The molecule has 0 aliphatic carbocycles. The average molecular weight is 363 g/mol. The van der Waals surface area contributed by atoms with Crippen LogP contribution in [0.3, 0.4) is 0 Å². The zero-order valence-corrected chi connectivity index (χ0v) is 16.0. The largest absolute Gasteiger partial charge is 0.383 e. The van der Waals surface area contributed by atoms with E-state index in [1.165, 1.54) is 0 Å². The van der Waals surface area contributed by atoms with E-state index in [2.05, 4.69) is 0 Å². The van der Waals surface area contributed by atoms with Gasteiger partial charge in [0.15, 0.2) is 5.78 Å². The molecule has 26 heavy (non-hydrogen) atoms. The number of carbonyl (C=O) groups excluding carboxylic acids is 4. The van der Waals surface area contributed by atoms with Crippen molar-refractivity contribution in [2.24, 2.45) is 0 Å². The monoisotopic (exact) mass is 363 g/mol. The lowest BCUT2D eigenvalue weighted by Crippen LogP contribution is -2.39. The maximum atomic E-state index is 12.7. The number of nitrogens with zero attached hydrogens (tertiary/aromatic N) is 3. The van der Waals surface area contributed by atoms with Gasteiger partial charge in [-0.2, -0.15) is 0 Å². The van der Waals surface area contributed by atoms with Gasteiger partial charge in [-0.05, 0) is 40.7 Å². The van der Waals surface area contributed by atoms with Crippen LogP contribution in [0.15, 0.2) is 6.07 Å². The number of imide groups is 2. The van der Waals surface area contributed by atoms with Crippen LogP contribution < -0.4 is 0 Å². The van der Waals surface area contributed by atoms with Gasteiger partial charge < -0.3 is 9.30 Å². The molecule has 1 fully saturated rings. The van der Waals surface area contributed by atoms with Crippen molar-refractivity contribution in [2.75, 3.05) is 20.3 Å². The van der Waals surface area contributed by atoms with Crippen molar-refractivity contribution in [1.82, 2.24) is 14.4 Å². The van der Waals surface area contributed by atoms with E-state index in [4.69, 9.17) is 4.74 Å². The first-order valence-electron chi connectivity index (χ1n) is 8.51. The Morgan fingerprint density at radius 1 is 1.12 bits per heavy atom. The standard InChI is InChI=1S/C18H25N3O5/c1-10(2)20-17(24)16(23)19(18(20)25)8-15(22)14-7-11(3)21(13(14)5)12(4)9-26-6/h7,10,12H,8-9H2,1-6H3/t12-/m0/s1. The second kappa shape index (κ2) is 7.41. The Labute approximate surface area is 152 Å². The van der Waals surface area contributed by atoms with E-state index in [1.54, 1.807) is 27.0 Å². The predicted molar refractivity (Wildman–Crippen MR) is 93.9 cm³/mol. The molecule has 1 aromatic heterocycles. The molecular weight excluding hydrogens is 338 g/mol. The summed E-state index contributed by atoms with van der Waals surface area (Å²) >= 11 is 0. The molecule has 1 atom stereocenters. The van der Waals surface area contributed by atoms with Crippen LogP contribution in [-0.2, 0) is 14.3 Å². The van der Waals surface area contributed by atoms with Crippen molar-refractivity contribution >= 4 is 23.6 Å². The zero-order chi connectivity index (χ0) is 19.8. The first-order valence-corrected chi connectivity index (χ1v) is 8.51. The second-order valence-corrected chi connectivity index (χ2v) is 6.83. The summed E-state index contributed by atoms with van der Waals surface area (Å²) in [5, 5.41) is 0. The molecule has 1 saturated heterocycles. The van der Waals surface area contributed by atoms with Gasteiger partial charge in [0, 0.05) is 30.1 Å². The summed E-state index contributed by atoms with van der Waals surface area (Å²) in [6, 6.07) is 0.579. The van der Waals surface area contributed by atoms with Gasteiger partial charge in [0.1, 0.15) is 0 Å². The molecule has 0 unspecified atom stereocenters. The van der Waals surface area contributed by atoms with Crippen molar-refractivity contribution in [2.45, 2.75) is 46.7 Å². The highest BCUT2D eigenvalue weighted by molar-refractivity contribution is 6.45. The number of ketones is 1. The van der Waals surface area contributed by atoms with Crippen LogP contribution in [0.5, 0.6) is 0 Å². The lowest BCUT2D eigenvalue weighted by Gasteiger charge is -2.19. The van der Waals surface area contributed by atoms with Gasteiger partial charge in [-0.3, -0.25) is 19.3 Å². The Balaban J connectivity index is 2.26. The quantitative estimate of drug-likeness (QED) is 0.418. The minimum Gasteiger partial charge on any atom is -0.383 e. The molecule has 8 nitrogen and oxygen atoms in total. The van der Waals surface area contributed by atoms with E-state index >= 15 is 0 Å². The topological polar surface area (TPSA) is 88.9 Å². The smallest absolute Gasteiger partial charge is 0.334 e. The normalized spacial score (nSPS) is 16.2. The predicted octanol–water partition coefficient (Wildman–Crippen LogP) is 1.69. The fourth-order valence-electron chi connectivity index (χ4n) is 3.40. The SMILES string of the molecule is COC[C@H](C)n1c(C)cc(C(=O)CN2C(=O)C(=O)N(C(C)C)C2=O)c1C. The molecule has 0 bridgehead atoms. The number of urea groups is 1. The molecule has 0 spiro atoms. The number of carbonyl (C=O) groups is 4. The molecular formula is C18H25N3O5. The van der Waals surface area contributed by atoms with Crippen molar-refractivity contribution in [1.29, 1.82) is 0 Å². The van der Waals surface area contributed by atoms with E-state index in [-0.39, 0.29) is 11.8 Å². The van der Waals surface area contributed by atoms with Gasteiger partial charge in [0.2, 0.25) is 0 Å². The van der Waals surface area contributed by atoms with Crippen LogP contribution in [0.1, 0.15) is 48.6 Å². The molecule has 142 valence electrons. The number of rotatable bonds is 7. The summed E-state index contributed by atoms with van der Waals surface area (Å²) in [5.41, 5.74) is 2.05. The Morgan fingerprint density at radius 2 is 1.73 bits per heavy atom. The zero-order valence-electron chi connectivity index (χ0n) is 16.0. The van der Waals surface area contributed by atoms with E-state index in [0.29, 0.717) is 12.2 Å². The number of aryl methyl sites for hydroxylation is 1. The highest BCUT2D eigenvalue weighted by Crippen LogP contribution is 2.22. The average Bonchev–Trinajstić information content (AvgIpc) is 2.96. The fourth-order valence-corrected chi connectivity index (χ4v) is 3.40. The van der Waals surface area contributed by atoms with Gasteiger partial charge in [-0.1, -0.05) is 0 Å². The van der Waals surface area contributed by atoms with Crippen LogP contribution in [0.25, 0.3) is 0 Å². The Hall–Kier alpha value is -2.48. The molecule has 0 radical (unpaired) electrons. The molecule has 2 rings (SSSR count). The van der Waals surface area contributed by atoms with Crippen molar-refractivity contribution < 1.29 is 23.9 Å². The molecule has 0 saturated carbocycles. The van der Waals surface area contributed by atoms with Crippen LogP contribution >= 0.6 is 0 Å². The van der Waals surface area contributed by atoms with Gasteiger partial charge >= 0.3 is 17.8 Å². The summed E-state index contributed by atoms with van der Waals surface area (Å²) in [6.45, 7) is 8.99. The molecule has 4 amide bonds. The Kier molecular flexibility index (Phi) is 5.65. The minimum absolute atomic E-state index is 0.0367. The first kappa shape index (κ1) is 19.8. The summed E-state index contributed by atoms with van der Waals surface area (Å²) in [4.78, 5) is 50.7. The number of amides is 4. The number of ether oxygens (including phenoxy) is 1. The number of aromatic nitrogens is 1.